The molecule has 1 atom stereocenters. The van der Waals surface area contributed by atoms with Crippen molar-refractivity contribution in [3.63, 3.8) is 0 Å². The maximum Gasteiger partial charge on any atom is 0.261 e. The van der Waals surface area contributed by atoms with Crippen molar-refractivity contribution >= 4 is 15.7 Å². The Kier molecular flexibility index (Phi) is 5.97. The number of rotatable bonds is 5. The first-order valence-corrected chi connectivity index (χ1v) is 11.5. The lowest BCUT2D eigenvalue weighted by Crippen LogP contribution is -2.34. The van der Waals surface area contributed by atoms with Gasteiger partial charge in [-0.25, -0.2) is 8.42 Å². The van der Waals surface area contributed by atoms with Crippen molar-refractivity contribution in [2.24, 2.45) is 0 Å². The average Bonchev–Trinajstić information content (AvgIpc) is 2.67. The van der Waals surface area contributed by atoms with Crippen LogP contribution in [-0.4, -0.2) is 40.6 Å². The highest BCUT2D eigenvalue weighted by Crippen LogP contribution is 2.36. The number of benzene rings is 2. The standard InChI is InChI=1S/C23H32N2O3S/c1-23(2,3)16-7-10-18(11-8-16)29(26,27)24-21-13-14-22(28-6)20-15-17(25(4)5)9-12-19(20)21/h7-8,10-11,13-14,17,24H,9,12,15H2,1-6H3. The van der Waals surface area contributed by atoms with Gasteiger partial charge in [0.1, 0.15) is 5.75 Å². The topological polar surface area (TPSA) is 58.6 Å². The minimum Gasteiger partial charge on any atom is -0.496 e. The molecule has 1 unspecified atom stereocenters. The van der Waals surface area contributed by atoms with E-state index in [1.165, 1.54) is 0 Å². The van der Waals surface area contributed by atoms with Gasteiger partial charge in [0.05, 0.1) is 17.7 Å². The molecule has 158 valence electrons. The number of ether oxygens (including phenoxy) is 1. The number of fused-ring (bicyclic) bond motifs is 1. The van der Waals surface area contributed by atoms with Crippen molar-refractivity contribution in [1.29, 1.82) is 0 Å². The second-order valence-corrected chi connectivity index (χ2v) is 10.7. The molecule has 0 bridgehead atoms. The van der Waals surface area contributed by atoms with Gasteiger partial charge in [-0.3, -0.25) is 4.72 Å². The number of hydrogen-bond donors (Lipinski definition) is 1. The summed E-state index contributed by atoms with van der Waals surface area (Å²) in [5.41, 5.74) is 3.87. The Hall–Kier alpha value is -2.05. The highest BCUT2D eigenvalue weighted by Gasteiger charge is 2.27. The molecule has 1 aliphatic carbocycles. The Morgan fingerprint density at radius 2 is 1.69 bits per heavy atom. The van der Waals surface area contributed by atoms with Crippen LogP contribution >= 0.6 is 0 Å². The Bertz CT molecular complexity index is 974. The third kappa shape index (κ3) is 4.59. The van der Waals surface area contributed by atoms with E-state index < -0.39 is 10.0 Å². The number of nitrogens with one attached hydrogen (secondary N) is 1. The van der Waals surface area contributed by atoms with Gasteiger partial charge in [-0.1, -0.05) is 32.9 Å². The molecule has 0 heterocycles. The van der Waals surface area contributed by atoms with Gasteiger partial charge in [-0.2, -0.15) is 0 Å². The van der Waals surface area contributed by atoms with Crippen molar-refractivity contribution in [3.8, 4) is 5.75 Å². The molecule has 6 heteroatoms. The largest absolute Gasteiger partial charge is 0.496 e. The van der Waals surface area contributed by atoms with Crippen LogP contribution in [0.4, 0.5) is 5.69 Å². The van der Waals surface area contributed by atoms with Crippen molar-refractivity contribution in [2.75, 3.05) is 25.9 Å². The Morgan fingerprint density at radius 3 is 2.24 bits per heavy atom. The summed E-state index contributed by atoms with van der Waals surface area (Å²) in [5.74, 6) is 0.823. The number of hydrogen-bond acceptors (Lipinski definition) is 4. The molecule has 0 aromatic heterocycles. The second kappa shape index (κ2) is 8.00. The normalized spacial score (nSPS) is 17.1. The predicted molar refractivity (Wildman–Crippen MR) is 118 cm³/mol. The van der Waals surface area contributed by atoms with Crippen molar-refractivity contribution in [1.82, 2.24) is 4.90 Å². The number of likely N-dealkylation sites (N-methyl/N-ethyl adjacent to an activating group) is 1. The molecule has 29 heavy (non-hydrogen) atoms. The number of sulfonamides is 1. The zero-order valence-corrected chi connectivity index (χ0v) is 19.1. The van der Waals surface area contributed by atoms with Crippen molar-refractivity contribution in [3.05, 3.63) is 53.1 Å². The number of methoxy groups -OCH3 is 1. The summed E-state index contributed by atoms with van der Waals surface area (Å²) in [5, 5.41) is 0. The summed E-state index contributed by atoms with van der Waals surface area (Å²) >= 11 is 0. The van der Waals surface area contributed by atoms with Gasteiger partial charge in [0.2, 0.25) is 0 Å². The SMILES string of the molecule is COc1ccc(NS(=O)(=O)c2ccc(C(C)(C)C)cc2)c2c1CC(N(C)C)CC2. The van der Waals surface area contributed by atoms with Gasteiger partial charge in [-0.05, 0) is 74.2 Å². The first kappa shape index (κ1) is 21.7. The van der Waals surface area contributed by atoms with E-state index in [0.29, 0.717) is 11.7 Å². The molecule has 1 N–H and O–H groups in total. The number of nitrogens with zero attached hydrogens (tertiary/aromatic N) is 1. The minimum atomic E-state index is -3.66. The quantitative estimate of drug-likeness (QED) is 0.793. The molecule has 5 nitrogen and oxygen atoms in total. The van der Waals surface area contributed by atoms with Crippen LogP contribution < -0.4 is 9.46 Å². The summed E-state index contributed by atoms with van der Waals surface area (Å²) in [6.07, 6.45) is 2.65. The van der Waals surface area contributed by atoms with Crippen LogP contribution in [0, 0.1) is 0 Å². The van der Waals surface area contributed by atoms with Crippen LogP contribution in [0.5, 0.6) is 5.75 Å². The van der Waals surface area contributed by atoms with Crippen molar-refractivity contribution in [2.45, 2.75) is 56.4 Å². The fourth-order valence-electron chi connectivity index (χ4n) is 3.89. The van der Waals surface area contributed by atoms with Crippen molar-refractivity contribution < 1.29 is 13.2 Å². The third-order valence-electron chi connectivity index (χ3n) is 5.78. The average molecular weight is 417 g/mol. The van der Waals surface area contributed by atoms with E-state index in [0.717, 1.165) is 41.7 Å². The minimum absolute atomic E-state index is 0.0201. The molecule has 0 fully saturated rings. The summed E-state index contributed by atoms with van der Waals surface area (Å²) in [6.45, 7) is 6.33. The van der Waals surface area contributed by atoms with E-state index in [-0.39, 0.29) is 10.3 Å². The smallest absolute Gasteiger partial charge is 0.261 e. The molecule has 0 aliphatic heterocycles. The van der Waals surface area contributed by atoms with E-state index in [1.54, 1.807) is 19.2 Å². The highest BCUT2D eigenvalue weighted by atomic mass is 32.2. The fourth-order valence-corrected chi connectivity index (χ4v) is 4.99. The second-order valence-electron chi connectivity index (χ2n) is 9.01. The molecule has 1 aliphatic rings. The van der Waals surface area contributed by atoms with Gasteiger partial charge < -0.3 is 9.64 Å². The first-order valence-electron chi connectivity index (χ1n) is 10.0. The molecule has 2 aromatic carbocycles. The van der Waals surface area contributed by atoms with Crippen LogP contribution in [0.3, 0.4) is 0 Å². The zero-order valence-electron chi connectivity index (χ0n) is 18.2. The molecule has 0 radical (unpaired) electrons. The van der Waals surface area contributed by atoms with Gasteiger partial charge >= 0.3 is 0 Å². The van der Waals surface area contributed by atoms with Gasteiger partial charge in [0.15, 0.2) is 0 Å². The van der Waals surface area contributed by atoms with E-state index >= 15 is 0 Å². The molecule has 3 rings (SSSR count). The summed E-state index contributed by atoms with van der Waals surface area (Å²) < 4.78 is 34.4. The molecular weight excluding hydrogens is 384 g/mol. The van der Waals surface area contributed by atoms with Crippen LogP contribution in [-0.2, 0) is 28.3 Å². The van der Waals surface area contributed by atoms with E-state index in [9.17, 15) is 8.42 Å². The lowest BCUT2D eigenvalue weighted by atomic mass is 9.86. The van der Waals surface area contributed by atoms with Crippen LogP contribution in [0.15, 0.2) is 41.3 Å². The predicted octanol–water partition coefficient (Wildman–Crippen LogP) is 4.21. The van der Waals surface area contributed by atoms with E-state index in [4.69, 9.17) is 4.74 Å². The molecular formula is C23H32N2O3S. The van der Waals surface area contributed by atoms with Crippen LogP contribution in [0.25, 0.3) is 0 Å². The molecule has 2 aromatic rings. The van der Waals surface area contributed by atoms with Crippen LogP contribution in [0.1, 0.15) is 43.9 Å². The van der Waals surface area contributed by atoms with Gasteiger partial charge in [0.25, 0.3) is 10.0 Å². The fraction of sp³-hybridized carbons (Fsp3) is 0.478. The van der Waals surface area contributed by atoms with Gasteiger partial charge in [0, 0.05) is 11.6 Å². The lowest BCUT2D eigenvalue weighted by molar-refractivity contribution is 0.265. The summed E-state index contributed by atoms with van der Waals surface area (Å²) in [6, 6.07) is 11.2. The highest BCUT2D eigenvalue weighted by molar-refractivity contribution is 7.92. The third-order valence-corrected chi connectivity index (χ3v) is 7.16. The Morgan fingerprint density at radius 1 is 1.03 bits per heavy atom. The Balaban J connectivity index is 1.93. The van der Waals surface area contributed by atoms with Crippen LogP contribution in [0.2, 0.25) is 0 Å². The van der Waals surface area contributed by atoms with E-state index in [1.807, 2.05) is 24.3 Å². The zero-order chi connectivity index (χ0) is 21.4. The maximum atomic E-state index is 13.0. The number of anilines is 1. The monoisotopic (exact) mass is 416 g/mol. The molecule has 0 saturated carbocycles. The summed E-state index contributed by atoms with van der Waals surface area (Å²) in [7, 11) is 2.16. The van der Waals surface area contributed by atoms with Gasteiger partial charge in [-0.15, -0.1) is 0 Å². The molecule has 0 saturated heterocycles. The lowest BCUT2D eigenvalue weighted by Gasteiger charge is -2.32. The molecule has 0 spiro atoms. The Labute approximate surface area is 175 Å². The molecule has 0 amide bonds. The van der Waals surface area contributed by atoms with E-state index in [2.05, 4.69) is 44.5 Å². The first-order chi connectivity index (χ1) is 13.5. The summed E-state index contributed by atoms with van der Waals surface area (Å²) in [4.78, 5) is 2.49. The maximum absolute atomic E-state index is 13.0.